The summed E-state index contributed by atoms with van der Waals surface area (Å²) in [4.78, 5) is 14.1. The van der Waals surface area contributed by atoms with Gasteiger partial charge in [-0.15, -0.1) is 0 Å². The number of carbonyl (C=O) groups is 1. The molecule has 0 aliphatic carbocycles. The minimum Gasteiger partial charge on any atom is -0.481 e. The summed E-state index contributed by atoms with van der Waals surface area (Å²) >= 11 is 0. The van der Waals surface area contributed by atoms with E-state index in [1.54, 1.807) is 17.0 Å². The second-order valence-electron chi connectivity index (χ2n) is 9.25. The molecule has 2 aliphatic rings. The lowest BCUT2D eigenvalue weighted by atomic mass is 9.85. The molecule has 1 saturated heterocycles. The van der Waals surface area contributed by atoms with E-state index in [1.807, 2.05) is 51.1 Å². The molecule has 0 N–H and O–H groups in total. The monoisotopic (exact) mass is 434 g/mol. The molecule has 0 bridgehead atoms. The van der Waals surface area contributed by atoms with Crippen LogP contribution >= 0.6 is 0 Å². The van der Waals surface area contributed by atoms with Crippen LogP contribution in [0.15, 0.2) is 42.5 Å². The predicted octanol–water partition coefficient (Wildman–Crippen LogP) is 5.96. The number of benzene rings is 2. The highest BCUT2D eigenvalue weighted by Gasteiger charge is 2.30. The van der Waals surface area contributed by atoms with Gasteiger partial charge in [0.25, 0.3) is 0 Å². The number of rotatable bonds is 2. The molecule has 0 radical (unpaired) electrons. The zero-order valence-corrected chi connectivity index (χ0v) is 18.6. The van der Waals surface area contributed by atoms with E-state index in [9.17, 15) is 9.18 Å². The highest BCUT2D eigenvalue weighted by Crippen LogP contribution is 2.40. The number of nitriles is 1. The van der Waals surface area contributed by atoms with Crippen molar-refractivity contribution < 1.29 is 18.7 Å². The fourth-order valence-corrected chi connectivity index (χ4v) is 4.25. The highest BCUT2D eigenvalue weighted by atomic mass is 19.1. The van der Waals surface area contributed by atoms with Gasteiger partial charge >= 0.3 is 6.09 Å². The van der Waals surface area contributed by atoms with Crippen LogP contribution in [0.3, 0.4) is 0 Å². The van der Waals surface area contributed by atoms with E-state index in [1.165, 1.54) is 11.6 Å². The largest absolute Gasteiger partial charge is 0.481 e. The maximum absolute atomic E-state index is 14.5. The molecule has 32 heavy (non-hydrogen) atoms. The molecule has 1 unspecified atom stereocenters. The number of hydrogen-bond acceptors (Lipinski definition) is 4. The van der Waals surface area contributed by atoms with E-state index in [0.717, 1.165) is 18.4 Å². The predicted molar refractivity (Wildman–Crippen MR) is 120 cm³/mol. The number of ether oxygens (including phenoxy) is 2. The molecule has 2 aliphatic heterocycles. The van der Waals surface area contributed by atoms with E-state index in [-0.39, 0.29) is 11.7 Å². The van der Waals surface area contributed by atoms with Gasteiger partial charge in [0.1, 0.15) is 23.3 Å². The number of hydrogen-bond donors (Lipinski definition) is 0. The van der Waals surface area contributed by atoms with E-state index in [2.05, 4.69) is 6.07 Å². The Hall–Kier alpha value is -3.33. The summed E-state index contributed by atoms with van der Waals surface area (Å²) in [6, 6.07) is 12.3. The van der Waals surface area contributed by atoms with Gasteiger partial charge in [-0.05, 0) is 69.4 Å². The van der Waals surface area contributed by atoms with Crippen molar-refractivity contribution in [2.24, 2.45) is 0 Å². The van der Waals surface area contributed by atoms with E-state index < -0.39 is 17.5 Å². The lowest BCUT2D eigenvalue weighted by Crippen LogP contribution is -2.41. The van der Waals surface area contributed by atoms with Gasteiger partial charge in [-0.1, -0.05) is 24.3 Å². The Bertz CT molecular complexity index is 1090. The molecule has 1 atom stereocenters. The lowest BCUT2D eigenvalue weighted by Gasteiger charge is -2.34. The maximum atomic E-state index is 14.5. The topological polar surface area (TPSA) is 62.6 Å². The number of likely N-dealkylation sites (tertiary alicyclic amines) is 1. The van der Waals surface area contributed by atoms with Crippen LogP contribution in [0.5, 0.6) is 5.75 Å². The summed E-state index contributed by atoms with van der Waals surface area (Å²) in [7, 11) is 0. The molecule has 5 nitrogen and oxygen atoms in total. The molecule has 0 aromatic heterocycles. The summed E-state index contributed by atoms with van der Waals surface area (Å²) in [5.74, 6) is 0.571. The zero-order chi connectivity index (χ0) is 22.9. The molecule has 6 heteroatoms. The van der Waals surface area contributed by atoms with Gasteiger partial charge in [0.15, 0.2) is 0 Å². The Morgan fingerprint density at radius 1 is 1.19 bits per heavy atom. The van der Waals surface area contributed by atoms with Crippen molar-refractivity contribution in [3.8, 4) is 11.8 Å². The molecular formula is C26H27FN2O3. The third-order valence-corrected chi connectivity index (χ3v) is 5.81. The Kier molecular flexibility index (Phi) is 5.92. The van der Waals surface area contributed by atoms with Gasteiger partial charge in [-0.2, -0.15) is 5.26 Å². The van der Waals surface area contributed by atoms with Gasteiger partial charge in [-0.25, -0.2) is 9.18 Å². The fourth-order valence-electron chi connectivity index (χ4n) is 4.25. The average molecular weight is 435 g/mol. The first kappa shape index (κ1) is 21.9. The first-order valence-electron chi connectivity index (χ1n) is 10.9. The van der Waals surface area contributed by atoms with Gasteiger partial charge < -0.3 is 14.4 Å². The first-order valence-corrected chi connectivity index (χ1v) is 10.9. The van der Waals surface area contributed by atoms with Crippen LogP contribution in [0.1, 0.15) is 67.9 Å². The Morgan fingerprint density at radius 3 is 2.59 bits per heavy atom. The maximum Gasteiger partial charge on any atom is 0.410 e. The van der Waals surface area contributed by atoms with Gasteiger partial charge in [0, 0.05) is 24.2 Å². The van der Waals surface area contributed by atoms with Crippen molar-refractivity contribution in [2.45, 2.75) is 51.2 Å². The van der Waals surface area contributed by atoms with Crippen molar-refractivity contribution in [3.63, 3.8) is 0 Å². The number of fused-ring (bicyclic) bond motifs is 1. The van der Waals surface area contributed by atoms with Crippen LogP contribution in [0, 0.1) is 17.1 Å². The van der Waals surface area contributed by atoms with Crippen LogP contribution in [0.4, 0.5) is 9.18 Å². The van der Waals surface area contributed by atoms with Crippen molar-refractivity contribution in [1.82, 2.24) is 4.90 Å². The molecule has 166 valence electrons. The van der Waals surface area contributed by atoms with Crippen LogP contribution in [0.25, 0.3) is 6.08 Å². The standard InChI is InChI=1S/C26H27FN2O3/c1-26(2,3)32-25(30)29-13-11-18(12-14-29)19-5-4-6-23-20(19)9-10-24(31-23)21-8-7-17(16-28)15-22(21)27/h4-10,15,18,24H,11-14H2,1-3H3. The summed E-state index contributed by atoms with van der Waals surface area (Å²) in [6.45, 7) is 6.91. The van der Waals surface area contributed by atoms with Gasteiger partial charge in [0.2, 0.25) is 0 Å². The Labute approximate surface area is 188 Å². The van der Waals surface area contributed by atoms with Crippen molar-refractivity contribution in [2.75, 3.05) is 13.1 Å². The molecule has 2 aromatic carbocycles. The van der Waals surface area contributed by atoms with Crippen LogP contribution in [-0.4, -0.2) is 29.7 Å². The molecule has 1 amide bonds. The van der Waals surface area contributed by atoms with Crippen molar-refractivity contribution in [3.05, 3.63) is 70.5 Å². The molecule has 2 aromatic rings. The molecular weight excluding hydrogens is 407 g/mol. The minimum absolute atomic E-state index is 0.262. The SMILES string of the molecule is CC(C)(C)OC(=O)N1CCC(c2cccc3c2C=CC(c2ccc(C#N)cc2F)O3)CC1. The van der Waals surface area contributed by atoms with E-state index in [4.69, 9.17) is 14.7 Å². The molecule has 2 heterocycles. The third kappa shape index (κ3) is 4.62. The van der Waals surface area contributed by atoms with Gasteiger partial charge in [-0.3, -0.25) is 0 Å². The highest BCUT2D eigenvalue weighted by molar-refractivity contribution is 5.68. The molecule has 4 rings (SSSR count). The zero-order valence-electron chi connectivity index (χ0n) is 18.6. The smallest absolute Gasteiger partial charge is 0.410 e. The van der Waals surface area contributed by atoms with Crippen LogP contribution in [-0.2, 0) is 4.74 Å². The Balaban J connectivity index is 1.48. The number of carbonyl (C=O) groups excluding carboxylic acids is 1. The van der Waals surface area contributed by atoms with Crippen LogP contribution in [0.2, 0.25) is 0 Å². The minimum atomic E-state index is -0.542. The summed E-state index contributed by atoms with van der Waals surface area (Å²) < 4.78 is 26.1. The molecule has 1 fully saturated rings. The lowest BCUT2D eigenvalue weighted by molar-refractivity contribution is 0.0204. The summed E-state index contributed by atoms with van der Waals surface area (Å²) in [5.41, 5.74) is 2.38. The third-order valence-electron chi connectivity index (χ3n) is 5.81. The fraction of sp³-hybridized carbons (Fsp3) is 0.385. The summed E-state index contributed by atoms with van der Waals surface area (Å²) in [6.07, 6.45) is 4.73. The van der Waals surface area contributed by atoms with Crippen molar-refractivity contribution >= 4 is 12.2 Å². The normalized spacial score (nSPS) is 18.5. The van der Waals surface area contributed by atoms with Crippen LogP contribution < -0.4 is 4.74 Å². The molecule has 0 spiro atoms. The second kappa shape index (κ2) is 8.66. The van der Waals surface area contributed by atoms with E-state index >= 15 is 0 Å². The first-order chi connectivity index (χ1) is 15.2. The van der Waals surface area contributed by atoms with Gasteiger partial charge in [0.05, 0.1) is 11.6 Å². The quantitative estimate of drug-likeness (QED) is 0.585. The summed E-state index contributed by atoms with van der Waals surface area (Å²) in [5, 5.41) is 8.95. The number of halogens is 1. The average Bonchev–Trinajstić information content (AvgIpc) is 2.77. The Morgan fingerprint density at radius 2 is 1.94 bits per heavy atom. The second-order valence-corrected chi connectivity index (χ2v) is 9.25. The van der Waals surface area contributed by atoms with E-state index in [0.29, 0.717) is 30.3 Å². The number of piperidine rings is 1. The number of nitrogens with zero attached hydrogens (tertiary/aromatic N) is 2. The number of amides is 1. The molecule has 0 saturated carbocycles. The van der Waals surface area contributed by atoms with Crippen molar-refractivity contribution in [1.29, 1.82) is 5.26 Å².